The molecule has 1 aromatic carbocycles. The SMILES string of the molecule is CNCCNCC(=O)Nc1ccc2c(c1)CC(=O)N2. The monoisotopic (exact) mass is 262 g/mol. The van der Waals surface area contributed by atoms with Crippen molar-refractivity contribution < 1.29 is 9.59 Å². The lowest BCUT2D eigenvalue weighted by molar-refractivity contribution is -0.116. The molecule has 0 radical (unpaired) electrons. The van der Waals surface area contributed by atoms with E-state index in [-0.39, 0.29) is 18.4 Å². The molecule has 0 bridgehead atoms. The number of nitrogens with one attached hydrogen (secondary N) is 4. The summed E-state index contributed by atoms with van der Waals surface area (Å²) >= 11 is 0. The van der Waals surface area contributed by atoms with Crippen molar-refractivity contribution in [1.82, 2.24) is 10.6 Å². The fourth-order valence-corrected chi connectivity index (χ4v) is 1.93. The highest BCUT2D eigenvalue weighted by atomic mass is 16.2. The van der Waals surface area contributed by atoms with Crippen molar-refractivity contribution in [1.29, 1.82) is 0 Å². The van der Waals surface area contributed by atoms with Gasteiger partial charge in [-0.3, -0.25) is 9.59 Å². The van der Waals surface area contributed by atoms with Crippen LogP contribution in [0.25, 0.3) is 0 Å². The normalized spacial score (nSPS) is 13.0. The zero-order valence-electron chi connectivity index (χ0n) is 10.9. The first kappa shape index (κ1) is 13.5. The zero-order chi connectivity index (χ0) is 13.7. The number of likely N-dealkylation sites (N-methyl/N-ethyl adjacent to an activating group) is 1. The summed E-state index contributed by atoms with van der Waals surface area (Å²) in [7, 11) is 1.86. The largest absolute Gasteiger partial charge is 0.326 e. The molecule has 0 saturated carbocycles. The van der Waals surface area contributed by atoms with E-state index in [4.69, 9.17) is 0 Å². The number of carbonyl (C=O) groups is 2. The Balaban J connectivity index is 1.84. The molecule has 1 aliphatic heterocycles. The quantitative estimate of drug-likeness (QED) is 0.541. The van der Waals surface area contributed by atoms with Crippen LogP contribution in [0.15, 0.2) is 18.2 Å². The third kappa shape index (κ3) is 3.77. The highest BCUT2D eigenvalue weighted by molar-refractivity contribution is 6.00. The second kappa shape index (κ2) is 6.31. The first-order chi connectivity index (χ1) is 9.19. The van der Waals surface area contributed by atoms with Crippen LogP contribution < -0.4 is 21.3 Å². The summed E-state index contributed by atoms with van der Waals surface area (Å²) in [6, 6.07) is 5.43. The van der Waals surface area contributed by atoms with Crippen molar-refractivity contribution in [2.45, 2.75) is 6.42 Å². The molecule has 102 valence electrons. The fraction of sp³-hybridized carbons (Fsp3) is 0.385. The Morgan fingerprint density at radius 2 is 2.21 bits per heavy atom. The van der Waals surface area contributed by atoms with Gasteiger partial charge in [0.15, 0.2) is 0 Å². The molecule has 0 unspecified atom stereocenters. The lowest BCUT2D eigenvalue weighted by Crippen LogP contribution is -2.32. The molecule has 4 N–H and O–H groups in total. The maximum Gasteiger partial charge on any atom is 0.238 e. The van der Waals surface area contributed by atoms with Crippen LogP contribution in [0.2, 0.25) is 0 Å². The van der Waals surface area contributed by atoms with Crippen molar-refractivity contribution in [3.05, 3.63) is 23.8 Å². The second-order valence-electron chi connectivity index (χ2n) is 4.43. The Bertz CT molecular complexity index is 488. The highest BCUT2D eigenvalue weighted by Gasteiger charge is 2.17. The summed E-state index contributed by atoms with van der Waals surface area (Å²) in [6.07, 6.45) is 0.374. The van der Waals surface area contributed by atoms with Crippen molar-refractivity contribution >= 4 is 23.2 Å². The van der Waals surface area contributed by atoms with Gasteiger partial charge in [-0.05, 0) is 30.8 Å². The van der Waals surface area contributed by atoms with E-state index >= 15 is 0 Å². The van der Waals surface area contributed by atoms with Crippen LogP contribution in [-0.2, 0) is 16.0 Å². The molecule has 6 heteroatoms. The summed E-state index contributed by atoms with van der Waals surface area (Å²) in [4.78, 5) is 22.9. The molecule has 6 nitrogen and oxygen atoms in total. The van der Waals surface area contributed by atoms with E-state index in [1.807, 2.05) is 19.2 Å². The van der Waals surface area contributed by atoms with E-state index in [0.717, 1.165) is 30.0 Å². The van der Waals surface area contributed by atoms with E-state index < -0.39 is 0 Å². The minimum Gasteiger partial charge on any atom is -0.326 e. The topological polar surface area (TPSA) is 82.3 Å². The molecule has 1 aromatic rings. The summed E-state index contributed by atoms with van der Waals surface area (Å²) in [5.74, 6) is -0.0967. The Labute approximate surface area is 112 Å². The van der Waals surface area contributed by atoms with Gasteiger partial charge >= 0.3 is 0 Å². The second-order valence-corrected chi connectivity index (χ2v) is 4.43. The maximum atomic E-state index is 11.7. The Hall–Kier alpha value is -1.92. The molecule has 2 rings (SSSR count). The average Bonchev–Trinajstić information content (AvgIpc) is 2.74. The van der Waals surface area contributed by atoms with E-state index in [9.17, 15) is 9.59 Å². The predicted octanol–water partition coefficient (Wildman–Crippen LogP) is -0.0713. The van der Waals surface area contributed by atoms with Gasteiger partial charge in [0.1, 0.15) is 0 Å². The van der Waals surface area contributed by atoms with Gasteiger partial charge in [0.2, 0.25) is 11.8 Å². The van der Waals surface area contributed by atoms with Crippen LogP contribution in [0, 0.1) is 0 Å². The molecular weight excluding hydrogens is 244 g/mol. The maximum absolute atomic E-state index is 11.7. The lowest BCUT2D eigenvalue weighted by Gasteiger charge is -2.08. The Kier molecular flexibility index (Phi) is 4.48. The smallest absolute Gasteiger partial charge is 0.238 e. The van der Waals surface area contributed by atoms with Crippen LogP contribution >= 0.6 is 0 Å². The number of hydrogen-bond acceptors (Lipinski definition) is 4. The van der Waals surface area contributed by atoms with Gasteiger partial charge in [-0.15, -0.1) is 0 Å². The minimum atomic E-state index is -0.0895. The van der Waals surface area contributed by atoms with Crippen molar-refractivity contribution in [2.75, 3.05) is 37.3 Å². The highest BCUT2D eigenvalue weighted by Crippen LogP contribution is 2.25. The van der Waals surface area contributed by atoms with Crippen LogP contribution in [0.4, 0.5) is 11.4 Å². The van der Waals surface area contributed by atoms with E-state index in [2.05, 4.69) is 21.3 Å². The predicted molar refractivity (Wildman–Crippen MR) is 74.2 cm³/mol. The number of hydrogen-bond donors (Lipinski definition) is 4. The number of anilines is 2. The van der Waals surface area contributed by atoms with Crippen LogP contribution in [0.1, 0.15) is 5.56 Å². The van der Waals surface area contributed by atoms with Gasteiger partial charge in [0.25, 0.3) is 0 Å². The number of fused-ring (bicyclic) bond motifs is 1. The lowest BCUT2D eigenvalue weighted by atomic mass is 10.1. The summed E-state index contributed by atoms with van der Waals surface area (Å²) < 4.78 is 0. The number of rotatable bonds is 6. The van der Waals surface area contributed by atoms with Crippen LogP contribution in [-0.4, -0.2) is 38.5 Å². The molecule has 19 heavy (non-hydrogen) atoms. The molecule has 2 amide bonds. The van der Waals surface area contributed by atoms with Crippen LogP contribution in [0.3, 0.4) is 0 Å². The standard InChI is InChI=1S/C13H18N4O2/c1-14-4-5-15-8-13(19)16-10-2-3-11-9(6-10)7-12(18)17-11/h2-3,6,14-15H,4-5,7-8H2,1H3,(H,16,19)(H,17,18). The molecule has 0 spiro atoms. The first-order valence-corrected chi connectivity index (χ1v) is 6.27. The van der Waals surface area contributed by atoms with E-state index in [1.165, 1.54) is 0 Å². The molecule has 0 aromatic heterocycles. The third-order valence-electron chi connectivity index (χ3n) is 2.85. The number of carbonyl (C=O) groups excluding carboxylic acids is 2. The molecule has 1 aliphatic rings. The van der Waals surface area contributed by atoms with Gasteiger partial charge in [-0.1, -0.05) is 0 Å². The third-order valence-corrected chi connectivity index (χ3v) is 2.85. The zero-order valence-corrected chi connectivity index (χ0v) is 10.9. The first-order valence-electron chi connectivity index (χ1n) is 6.27. The summed E-state index contributed by atoms with van der Waals surface area (Å²) in [6.45, 7) is 1.84. The molecular formula is C13H18N4O2. The molecule has 0 atom stereocenters. The molecule has 0 saturated heterocycles. The number of benzene rings is 1. The molecule has 1 heterocycles. The van der Waals surface area contributed by atoms with Gasteiger partial charge in [0.05, 0.1) is 13.0 Å². The van der Waals surface area contributed by atoms with Crippen molar-refractivity contribution in [3.8, 4) is 0 Å². The van der Waals surface area contributed by atoms with Crippen molar-refractivity contribution in [2.24, 2.45) is 0 Å². The summed E-state index contributed by atoms with van der Waals surface area (Å²) in [5, 5.41) is 11.6. The molecule has 0 fully saturated rings. The molecule has 0 aliphatic carbocycles. The minimum absolute atomic E-state index is 0.00721. The Morgan fingerprint density at radius 3 is 3.00 bits per heavy atom. The Morgan fingerprint density at radius 1 is 1.37 bits per heavy atom. The van der Waals surface area contributed by atoms with Gasteiger partial charge < -0.3 is 21.3 Å². The van der Waals surface area contributed by atoms with E-state index in [0.29, 0.717) is 6.42 Å². The van der Waals surface area contributed by atoms with Crippen LogP contribution in [0.5, 0.6) is 0 Å². The number of amides is 2. The van der Waals surface area contributed by atoms with E-state index in [1.54, 1.807) is 6.07 Å². The summed E-state index contributed by atoms with van der Waals surface area (Å²) in [5.41, 5.74) is 2.47. The van der Waals surface area contributed by atoms with Gasteiger partial charge in [-0.2, -0.15) is 0 Å². The van der Waals surface area contributed by atoms with Gasteiger partial charge in [0, 0.05) is 24.5 Å². The average molecular weight is 262 g/mol. The van der Waals surface area contributed by atoms with Gasteiger partial charge in [-0.25, -0.2) is 0 Å². The van der Waals surface area contributed by atoms with Crippen molar-refractivity contribution in [3.63, 3.8) is 0 Å². The fourth-order valence-electron chi connectivity index (χ4n) is 1.93.